The van der Waals surface area contributed by atoms with Crippen LogP contribution in [0.3, 0.4) is 0 Å². The van der Waals surface area contributed by atoms with Crippen molar-refractivity contribution in [2.75, 3.05) is 6.54 Å². The molecule has 2 aromatic rings. The predicted octanol–water partition coefficient (Wildman–Crippen LogP) is 1.81. The smallest absolute Gasteiger partial charge is 0.271 e. The molecule has 0 bridgehead atoms. The summed E-state index contributed by atoms with van der Waals surface area (Å²) >= 11 is 1.46. The third kappa shape index (κ3) is 5.42. The summed E-state index contributed by atoms with van der Waals surface area (Å²) in [5, 5.41) is 5.42. The second-order valence-corrected chi connectivity index (χ2v) is 4.61. The lowest BCUT2D eigenvalue weighted by atomic mass is 10.3. The molecular formula is C12H16Cl2N4OS. The first-order valence-corrected chi connectivity index (χ1v) is 6.50. The SMILES string of the molecule is Cl.Cl.NCCc1nc(C(=O)NCc2ccccn2)cs1. The van der Waals surface area contributed by atoms with Crippen molar-refractivity contribution >= 4 is 42.1 Å². The highest BCUT2D eigenvalue weighted by atomic mass is 35.5. The van der Waals surface area contributed by atoms with E-state index in [1.165, 1.54) is 11.3 Å². The first kappa shape index (κ1) is 18.8. The fourth-order valence-corrected chi connectivity index (χ4v) is 2.21. The molecule has 1 amide bonds. The maximum atomic E-state index is 11.8. The largest absolute Gasteiger partial charge is 0.345 e. The normalized spacial score (nSPS) is 9.25. The number of rotatable bonds is 5. The van der Waals surface area contributed by atoms with Crippen LogP contribution in [0.15, 0.2) is 29.8 Å². The lowest BCUT2D eigenvalue weighted by molar-refractivity contribution is 0.0946. The number of thiazole rings is 1. The highest BCUT2D eigenvalue weighted by molar-refractivity contribution is 7.09. The second-order valence-electron chi connectivity index (χ2n) is 3.67. The van der Waals surface area contributed by atoms with Crippen molar-refractivity contribution in [1.29, 1.82) is 0 Å². The van der Waals surface area contributed by atoms with Crippen LogP contribution in [0.2, 0.25) is 0 Å². The second kappa shape index (κ2) is 9.66. The van der Waals surface area contributed by atoms with Crippen molar-refractivity contribution in [2.45, 2.75) is 13.0 Å². The topological polar surface area (TPSA) is 80.9 Å². The third-order valence-electron chi connectivity index (χ3n) is 2.30. The number of pyridine rings is 1. The highest BCUT2D eigenvalue weighted by Crippen LogP contribution is 2.09. The Morgan fingerprint density at radius 2 is 2.15 bits per heavy atom. The van der Waals surface area contributed by atoms with Gasteiger partial charge in [0.1, 0.15) is 5.69 Å². The van der Waals surface area contributed by atoms with Crippen LogP contribution in [-0.2, 0) is 13.0 Å². The van der Waals surface area contributed by atoms with E-state index < -0.39 is 0 Å². The molecule has 0 aliphatic rings. The molecule has 8 heteroatoms. The van der Waals surface area contributed by atoms with Crippen LogP contribution in [-0.4, -0.2) is 22.4 Å². The fraction of sp³-hybridized carbons (Fsp3) is 0.250. The number of halogens is 2. The van der Waals surface area contributed by atoms with E-state index >= 15 is 0 Å². The molecule has 110 valence electrons. The molecule has 0 aliphatic carbocycles. The van der Waals surface area contributed by atoms with Crippen molar-refractivity contribution in [3.8, 4) is 0 Å². The van der Waals surface area contributed by atoms with Crippen LogP contribution < -0.4 is 11.1 Å². The number of carbonyl (C=O) groups is 1. The fourth-order valence-electron chi connectivity index (χ4n) is 1.42. The van der Waals surface area contributed by atoms with Gasteiger partial charge in [-0.15, -0.1) is 36.2 Å². The van der Waals surface area contributed by atoms with Gasteiger partial charge in [0, 0.05) is 18.0 Å². The minimum atomic E-state index is -0.180. The molecule has 0 saturated heterocycles. The minimum absolute atomic E-state index is 0. The van der Waals surface area contributed by atoms with Crippen LogP contribution >= 0.6 is 36.2 Å². The van der Waals surface area contributed by atoms with Gasteiger partial charge in [-0.1, -0.05) is 6.07 Å². The Balaban J connectivity index is 0.00000180. The Morgan fingerprint density at radius 1 is 1.35 bits per heavy atom. The number of nitrogens with zero attached hydrogens (tertiary/aromatic N) is 2. The molecule has 3 N–H and O–H groups in total. The first-order chi connectivity index (χ1) is 8.79. The van der Waals surface area contributed by atoms with Crippen LogP contribution in [0.5, 0.6) is 0 Å². The Bertz CT molecular complexity index is 521. The molecule has 0 aliphatic heterocycles. The number of nitrogens with one attached hydrogen (secondary N) is 1. The number of nitrogens with two attached hydrogens (primary N) is 1. The van der Waals surface area contributed by atoms with Gasteiger partial charge >= 0.3 is 0 Å². The number of aromatic nitrogens is 2. The van der Waals surface area contributed by atoms with Gasteiger partial charge < -0.3 is 11.1 Å². The van der Waals surface area contributed by atoms with Gasteiger partial charge in [-0.3, -0.25) is 9.78 Å². The zero-order chi connectivity index (χ0) is 12.8. The maximum absolute atomic E-state index is 11.8. The summed E-state index contributed by atoms with van der Waals surface area (Å²) in [5.74, 6) is -0.180. The lowest BCUT2D eigenvalue weighted by Gasteiger charge is -2.01. The Hall–Kier alpha value is -1.21. The molecule has 2 aromatic heterocycles. The monoisotopic (exact) mass is 334 g/mol. The average Bonchev–Trinajstić information content (AvgIpc) is 2.86. The summed E-state index contributed by atoms with van der Waals surface area (Å²) < 4.78 is 0. The van der Waals surface area contributed by atoms with E-state index in [9.17, 15) is 4.79 Å². The maximum Gasteiger partial charge on any atom is 0.271 e. The number of hydrogen-bond donors (Lipinski definition) is 2. The Kier molecular flexibility index (Phi) is 9.07. The molecule has 0 spiro atoms. The van der Waals surface area contributed by atoms with Gasteiger partial charge in [0.05, 0.1) is 17.2 Å². The Morgan fingerprint density at radius 3 is 2.80 bits per heavy atom. The molecule has 0 radical (unpaired) electrons. The lowest BCUT2D eigenvalue weighted by Crippen LogP contribution is -2.23. The van der Waals surface area contributed by atoms with E-state index in [-0.39, 0.29) is 30.7 Å². The van der Waals surface area contributed by atoms with Crippen molar-refractivity contribution in [1.82, 2.24) is 15.3 Å². The molecule has 2 rings (SSSR count). The minimum Gasteiger partial charge on any atom is -0.345 e. The van der Waals surface area contributed by atoms with E-state index in [0.717, 1.165) is 10.7 Å². The van der Waals surface area contributed by atoms with Crippen LogP contribution in [0.4, 0.5) is 0 Å². The van der Waals surface area contributed by atoms with Gasteiger partial charge in [-0.05, 0) is 18.7 Å². The summed E-state index contributed by atoms with van der Waals surface area (Å²) in [6.07, 6.45) is 2.40. The van der Waals surface area contributed by atoms with Gasteiger partial charge in [0.2, 0.25) is 0 Å². The summed E-state index contributed by atoms with van der Waals surface area (Å²) in [6.45, 7) is 0.950. The van der Waals surface area contributed by atoms with Gasteiger partial charge in [0.15, 0.2) is 0 Å². The molecule has 0 unspecified atom stereocenters. The standard InChI is InChI=1S/C12H14N4OS.2ClH/c13-5-4-11-16-10(8-18-11)12(17)15-7-9-3-1-2-6-14-9;;/h1-3,6,8H,4-5,7,13H2,(H,15,17);2*1H. The van der Waals surface area contributed by atoms with Crippen LogP contribution in [0, 0.1) is 0 Å². The molecule has 5 nitrogen and oxygen atoms in total. The highest BCUT2D eigenvalue weighted by Gasteiger charge is 2.10. The van der Waals surface area contributed by atoms with Crippen molar-refractivity contribution < 1.29 is 4.79 Å². The summed E-state index contributed by atoms with van der Waals surface area (Å²) in [7, 11) is 0. The predicted molar refractivity (Wildman–Crippen MR) is 84.8 cm³/mol. The number of carbonyl (C=O) groups excluding carboxylic acids is 1. The third-order valence-corrected chi connectivity index (χ3v) is 3.21. The molecule has 0 atom stereocenters. The number of amides is 1. The molecular weight excluding hydrogens is 319 g/mol. The summed E-state index contributed by atoms with van der Waals surface area (Å²) in [6, 6.07) is 5.59. The summed E-state index contributed by atoms with van der Waals surface area (Å²) in [4.78, 5) is 20.2. The van der Waals surface area contributed by atoms with Crippen LogP contribution in [0.25, 0.3) is 0 Å². The van der Waals surface area contributed by atoms with Crippen molar-refractivity contribution in [2.24, 2.45) is 5.73 Å². The van der Waals surface area contributed by atoms with E-state index in [1.807, 2.05) is 18.2 Å². The number of hydrogen-bond acceptors (Lipinski definition) is 5. The molecule has 20 heavy (non-hydrogen) atoms. The zero-order valence-corrected chi connectivity index (χ0v) is 13.1. The van der Waals surface area contributed by atoms with Crippen molar-refractivity contribution in [3.63, 3.8) is 0 Å². The van der Waals surface area contributed by atoms with Crippen molar-refractivity contribution in [3.05, 3.63) is 46.2 Å². The quantitative estimate of drug-likeness (QED) is 0.873. The van der Waals surface area contributed by atoms with E-state index in [4.69, 9.17) is 5.73 Å². The van der Waals surface area contributed by atoms with E-state index in [0.29, 0.717) is 25.2 Å². The Labute approximate surface area is 133 Å². The van der Waals surface area contributed by atoms with Gasteiger partial charge in [0.25, 0.3) is 5.91 Å². The van der Waals surface area contributed by atoms with Crippen LogP contribution in [0.1, 0.15) is 21.2 Å². The average molecular weight is 335 g/mol. The summed E-state index contributed by atoms with van der Waals surface area (Å²) in [5.41, 5.74) is 6.70. The molecule has 2 heterocycles. The first-order valence-electron chi connectivity index (χ1n) is 5.62. The molecule has 0 fully saturated rings. The zero-order valence-electron chi connectivity index (χ0n) is 10.6. The van der Waals surface area contributed by atoms with Gasteiger partial charge in [-0.25, -0.2) is 4.98 Å². The molecule has 0 saturated carbocycles. The molecule has 0 aromatic carbocycles. The van der Waals surface area contributed by atoms with E-state index in [1.54, 1.807) is 11.6 Å². The van der Waals surface area contributed by atoms with E-state index in [2.05, 4.69) is 15.3 Å². The van der Waals surface area contributed by atoms with Gasteiger partial charge in [-0.2, -0.15) is 0 Å².